The highest BCUT2D eigenvalue weighted by Crippen LogP contribution is 2.21. The van der Waals surface area contributed by atoms with Gasteiger partial charge in [-0.1, -0.05) is 11.6 Å². The number of carboxylic acid groups (broad SMARTS) is 1. The quantitative estimate of drug-likeness (QED) is 0.931. The van der Waals surface area contributed by atoms with Gasteiger partial charge >= 0.3 is 5.97 Å². The standard InChI is InChI=1S/C13H11ClN2O3/c1-2-19-9-5-3-8(4-6-9)12-15-7-10(14)11(16-12)13(17)18/h3-7H,2H2,1H3,(H,17,18). The van der Waals surface area contributed by atoms with Crippen molar-refractivity contribution in [1.82, 2.24) is 9.97 Å². The molecule has 0 radical (unpaired) electrons. The molecule has 0 aliphatic carbocycles. The first-order valence-electron chi connectivity index (χ1n) is 5.61. The first-order valence-corrected chi connectivity index (χ1v) is 5.98. The Kier molecular flexibility index (Phi) is 3.97. The zero-order valence-electron chi connectivity index (χ0n) is 10.1. The number of halogens is 1. The second kappa shape index (κ2) is 5.67. The molecule has 0 bridgehead atoms. The fraction of sp³-hybridized carbons (Fsp3) is 0.154. The molecule has 1 N–H and O–H groups in total. The minimum absolute atomic E-state index is 0.0159. The maximum absolute atomic E-state index is 10.9. The molecule has 0 saturated carbocycles. The largest absolute Gasteiger partial charge is 0.494 e. The number of nitrogens with zero attached hydrogens (tertiary/aromatic N) is 2. The average molecular weight is 279 g/mol. The summed E-state index contributed by atoms with van der Waals surface area (Å²) >= 11 is 5.72. The molecule has 0 spiro atoms. The Morgan fingerprint density at radius 3 is 2.63 bits per heavy atom. The molecule has 1 aromatic heterocycles. The van der Waals surface area contributed by atoms with Crippen molar-refractivity contribution in [3.8, 4) is 17.1 Å². The lowest BCUT2D eigenvalue weighted by molar-refractivity contribution is 0.0690. The van der Waals surface area contributed by atoms with E-state index in [1.807, 2.05) is 6.92 Å². The molecule has 5 nitrogen and oxygen atoms in total. The van der Waals surface area contributed by atoms with Crippen LogP contribution in [0.2, 0.25) is 5.02 Å². The van der Waals surface area contributed by atoms with E-state index in [-0.39, 0.29) is 10.7 Å². The second-order valence-corrected chi connectivity index (χ2v) is 4.06. The third kappa shape index (κ3) is 3.00. The van der Waals surface area contributed by atoms with E-state index < -0.39 is 5.97 Å². The van der Waals surface area contributed by atoms with Crippen LogP contribution in [0, 0.1) is 0 Å². The van der Waals surface area contributed by atoms with Crippen molar-refractivity contribution in [3.05, 3.63) is 41.2 Å². The van der Waals surface area contributed by atoms with E-state index in [4.69, 9.17) is 21.4 Å². The van der Waals surface area contributed by atoms with Crippen LogP contribution in [0.4, 0.5) is 0 Å². The van der Waals surface area contributed by atoms with Crippen LogP contribution in [0.3, 0.4) is 0 Å². The van der Waals surface area contributed by atoms with E-state index >= 15 is 0 Å². The number of ether oxygens (including phenoxy) is 1. The zero-order chi connectivity index (χ0) is 13.8. The Balaban J connectivity index is 2.36. The lowest BCUT2D eigenvalue weighted by atomic mass is 10.2. The molecule has 19 heavy (non-hydrogen) atoms. The Morgan fingerprint density at radius 2 is 2.05 bits per heavy atom. The van der Waals surface area contributed by atoms with Crippen molar-refractivity contribution >= 4 is 17.6 Å². The van der Waals surface area contributed by atoms with Crippen molar-refractivity contribution in [3.63, 3.8) is 0 Å². The van der Waals surface area contributed by atoms with Gasteiger partial charge in [-0.2, -0.15) is 0 Å². The van der Waals surface area contributed by atoms with Gasteiger partial charge in [-0.05, 0) is 31.2 Å². The van der Waals surface area contributed by atoms with Gasteiger partial charge < -0.3 is 9.84 Å². The number of aromatic carboxylic acids is 1. The monoisotopic (exact) mass is 278 g/mol. The summed E-state index contributed by atoms with van der Waals surface area (Å²) in [5.41, 5.74) is 0.489. The number of hydrogen-bond acceptors (Lipinski definition) is 4. The van der Waals surface area contributed by atoms with Crippen LogP contribution < -0.4 is 4.74 Å². The minimum atomic E-state index is -1.18. The highest BCUT2D eigenvalue weighted by atomic mass is 35.5. The maximum atomic E-state index is 10.9. The highest BCUT2D eigenvalue weighted by Gasteiger charge is 2.13. The number of rotatable bonds is 4. The molecule has 0 aliphatic rings. The van der Waals surface area contributed by atoms with E-state index in [0.29, 0.717) is 18.0 Å². The molecule has 1 aromatic carbocycles. The normalized spacial score (nSPS) is 10.2. The van der Waals surface area contributed by atoms with Gasteiger partial charge in [0.1, 0.15) is 5.75 Å². The van der Waals surface area contributed by atoms with E-state index in [2.05, 4.69) is 9.97 Å². The summed E-state index contributed by atoms with van der Waals surface area (Å²) in [5, 5.41) is 8.97. The lowest BCUT2D eigenvalue weighted by Gasteiger charge is -2.05. The average Bonchev–Trinajstić information content (AvgIpc) is 2.40. The molecule has 2 aromatic rings. The predicted octanol–water partition coefficient (Wildman–Crippen LogP) is 2.89. The number of hydrogen-bond donors (Lipinski definition) is 1. The molecule has 0 amide bonds. The van der Waals surface area contributed by atoms with E-state index in [0.717, 1.165) is 5.75 Å². The van der Waals surface area contributed by atoms with Crippen LogP contribution in [0.5, 0.6) is 5.75 Å². The van der Waals surface area contributed by atoms with Crippen molar-refractivity contribution in [1.29, 1.82) is 0 Å². The molecule has 98 valence electrons. The van der Waals surface area contributed by atoms with Crippen LogP contribution in [0.15, 0.2) is 30.5 Å². The minimum Gasteiger partial charge on any atom is -0.494 e. The molecule has 0 unspecified atom stereocenters. The smallest absolute Gasteiger partial charge is 0.356 e. The van der Waals surface area contributed by atoms with Crippen LogP contribution in [-0.2, 0) is 0 Å². The molecule has 0 fully saturated rings. The van der Waals surface area contributed by atoms with Crippen LogP contribution in [-0.4, -0.2) is 27.7 Å². The fourth-order valence-electron chi connectivity index (χ4n) is 1.52. The summed E-state index contributed by atoms with van der Waals surface area (Å²) in [4.78, 5) is 18.9. The third-order valence-electron chi connectivity index (χ3n) is 2.37. The van der Waals surface area contributed by atoms with E-state index in [1.165, 1.54) is 6.20 Å². The van der Waals surface area contributed by atoms with E-state index in [1.54, 1.807) is 24.3 Å². The van der Waals surface area contributed by atoms with Gasteiger partial charge in [0.25, 0.3) is 0 Å². The van der Waals surface area contributed by atoms with Crippen molar-refractivity contribution in [2.75, 3.05) is 6.61 Å². The molecular weight excluding hydrogens is 268 g/mol. The van der Waals surface area contributed by atoms with Gasteiger partial charge in [-0.3, -0.25) is 0 Å². The first-order chi connectivity index (χ1) is 9.11. The van der Waals surface area contributed by atoms with Gasteiger partial charge in [0, 0.05) is 5.56 Å². The first kappa shape index (κ1) is 13.3. The SMILES string of the molecule is CCOc1ccc(-c2ncc(Cl)c(C(=O)O)n2)cc1. The van der Waals surface area contributed by atoms with Crippen molar-refractivity contribution < 1.29 is 14.6 Å². The second-order valence-electron chi connectivity index (χ2n) is 3.65. The molecule has 0 aliphatic heterocycles. The summed E-state index contributed by atoms with van der Waals surface area (Å²) in [7, 11) is 0. The molecular formula is C13H11ClN2O3. The van der Waals surface area contributed by atoms with Crippen LogP contribution >= 0.6 is 11.6 Å². The van der Waals surface area contributed by atoms with Gasteiger partial charge in [-0.25, -0.2) is 14.8 Å². The predicted molar refractivity (Wildman–Crippen MR) is 70.6 cm³/mol. The lowest BCUT2D eigenvalue weighted by Crippen LogP contribution is -2.04. The Labute approximate surface area is 114 Å². The Bertz CT molecular complexity index is 599. The number of carbonyl (C=O) groups is 1. The van der Waals surface area contributed by atoms with Gasteiger partial charge in [-0.15, -0.1) is 0 Å². The number of benzene rings is 1. The van der Waals surface area contributed by atoms with Crippen molar-refractivity contribution in [2.45, 2.75) is 6.92 Å². The maximum Gasteiger partial charge on any atom is 0.356 e. The van der Waals surface area contributed by atoms with Crippen LogP contribution in [0.1, 0.15) is 17.4 Å². The number of carboxylic acids is 1. The molecule has 6 heteroatoms. The van der Waals surface area contributed by atoms with Crippen LogP contribution in [0.25, 0.3) is 11.4 Å². The summed E-state index contributed by atoms with van der Waals surface area (Å²) in [6.45, 7) is 2.48. The summed E-state index contributed by atoms with van der Waals surface area (Å²) in [6, 6.07) is 7.08. The van der Waals surface area contributed by atoms with Gasteiger partial charge in [0.15, 0.2) is 11.5 Å². The summed E-state index contributed by atoms with van der Waals surface area (Å²) < 4.78 is 5.32. The zero-order valence-corrected chi connectivity index (χ0v) is 10.9. The molecule has 0 atom stereocenters. The molecule has 0 saturated heterocycles. The van der Waals surface area contributed by atoms with Crippen molar-refractivity contribution in [2.24, 2.45) is 0 Å². The summed E-state index contributed by atoms with van der Waals surface area (Å²) in [6.07, 6.45) is 1.28. The third-order valence-corrected chi connectivity index (χ3v) is 2.65. The Morgan fingerprint density at radius 1 is 1.37 bits per heavy atom. The fourth-order valence-corrected chi connectivity index (χ4v) is 1.69. The van der Waals surface area contributed by atoms with Gasteiger partial charge in [0.05, 0.1) is 17.8 Å². The number of aromatic nitrogens is 2. The summed E-state index contributed by atoms with van der Waals surface area (Å²) in [5.74, 6) is -0.136. The highest BCUT2D eigenvalue weighted by molar-refractivity contribution is 6.33. The van der Waals surface area contributed by atoms with Gasteiger partial charge in [0.2, 0.25) is 0 Å². The molecule has 2 rings (SSSR count). The van der Waals surface area contributed by atoms with E-state index in [9.17, 15) is 4.79 Å². The topological polar surface area (TPSA) is 72.3 Å². The molecule has 1 heterocycles. The Hall–Kier alpha value is -2.14.